The maximum Gasteiger partial charge on any atom is 0.413 e. The first-order chi connectivity index (χ1) is 27.6. The molecule has 5 rings (SSSR count). The van der Waals surface area contributed by atoms with Gasteiger partial charge in [0.25, 0.3) is 0 Å². The van der Waals surface area contributed by atoms with E-state index in [-0.39, 0.29) is 25.0 Å². The third kappa shape index (κ3) is 10.7. The number of aromatic nitrogens is 4. The van der Waals surface area contributed by atoms with Gasteiger partial charge in [-0.05, 0) is 24.1 Å². The molecule has 6 atom stereocenters. The van der Waals surface area contributed by atoms with Crippen LogP contribution >= 0.6 is 0 Å². The summed E-state index contributed by atoms with van der Waals surface area (Å²) in [6.07, 6.45) is -12.2. The van der Waals surface area contributed by atoms with E-state index in [4.69, 9.17) is 28.4 Å². The Bertz CT molecular complexity index is 2010. The lowest BCUT2D eigenvalue weighted by molar-refractivity contribution is -0.157. The minimum atomic E-state index is -4.09. The van der Waals surface area contributed by atoms with Crippen molar-refractivity contribution >= 4 is 29.7 Å². The third-order valence-corrected chi connectivity index (χ3v) is 8.72. The molecule has 316 valence electrons. The number of ether oxygens (including phenoxy) is 6. The molecule has 4 heterocycles. The first-order valence-electron chi connectivity index (χ1n) is 17.8. The molecule has 4 N–H and O–H groups in total. The highest BCUT2D eigenvalue weighted by molar-refractivity contribution is 5.83. The van der Waals surface area contributed by atoms with Gasteiger partial charge in [0, 0.05) is 19.0 Å². The Morgan fingerprint density at radius 2 is 1.31 bits per heavy atom. The zero-order valence-corrected chi connectivity index (χ0v) is 30.7. The number of alkyl halides is 4. The summed E-state index contributed by atoms with van der Waals surface area (Å²) in [4.78, 5) is 69.0. The number of anilines is 2. The van der Waals surface area contributed by atoms with Crippen LogP contribution in [-0.2, 0) is 44.6 Å². The lowest BCUT2D eigenvalue weighted by Gasteiger charge is -2.21. The van der Waals surface area contributed by atoms with Crippen LogP contribution in [0.4, 0.5) is 34.0 Å². The molecule has 58 heavy (non-hydrogen) atoms. The summed E-state index contributed by atoms with van der Waals surface area (Å²) in [5, 5.41) is 25.4. The van der Waals surface area contributed by atoms with Crippen molar-refractivity contribution in [2.45, 2.75) is 87.9 Å². The number of halogens is 4. The normalized spacial score (nSPS) is 23.2. The molecular formula is C35H40F4N6O13. The van der Waals surface area contributed by atoms with Crippen LogP contribution in [0.2, 0.25) is 0 Å². The summed E-state index contributed by atoms with van der Waals surface area (Å²) in [7, 11) is 0. The molecule has 0 saturated carbocycles. The van der Waals surface area contributed by atoms with Crippen LogP contribution in [0.15, 0.2) is 64.4 Å². The first-order valence-corrected chi connectivity index (χ1v) is 17.8. The van der Waals surface area contributed by atoms with Gasteiger partial charge in [-0.1, -0.05) is 43.7 Å². The average Bonchev–Trinajstić information content (AvgIpc) is 3.56. The van der Waals surface area contributed by atoms with Gasteiger partial charge in [-0.25, -0.2) is 14.4 Å². The maximum atomic E-state index is 15.0. The second kappa shape index (κ2) is 19.3. The average molecular weight is 829 g/mol. The molecular weight excluding hydrogens is 788 g/mol. The fraction of sp³-hybridized carbons (Fsp3) is 0.514. The molecule has 2 fully saturated rings. The smallest absolute Gasteiger partial charge is 0.413 e. The molecule has 0 bridgehead atoms. The monoisotopic (exact) mass is 828 g/mol. The van der Waals surface area contributed by atoms with Gasteiger partial charge in [0.1, 0.15) is 50.4 Å². The van der Waals surface area contributed by atoms with Gasteiger partial charge >= 0.3 is 41.3 Å². The Hall–Kier alpha value is -5.49. The number of hydrogen-bond acceptors (Lipinski definition) is 16. The van der Waals surface area contributed by atoms with Crippen molar-refractivity contribution in [3.63, 3.8) is 0 Å². The van der Waals surface area contributed by atoms with Crippen molar-refractivity contribution < 1.29 is 70.6 Å². The van der Waals surface area contributed by atoms with E-state index in [9.17, 15) is 43.0 Å². The predicted octanol–water partition coefficient (Wildman–Crippen LogP) is 2.09. The lowest BCUT2D eigenvalue weighted by Crippen LogP contribution is -2.42. The first kappa shape index (κ1) is 43.6. The molecule has 0 radical (unpaired) electrons. The number of rotatable bonds is 18. The summed E-state index contributed by atoms with van der Waals surface area (Å²) < 4.78 is 91.2. The van der Waals surface area contributed by atoms with Crippen LogP contribution in [-0.4, -0.2) is 110 Å². The van der Waals surface area contributed by atoms with E-state index < -0.39 is 104 Å². The van der Waals surface area contributed by atoms with Crippen molar-refractivity contribution in [3.05, 3.63) is 81.4 Å². The second-order valence-electron chi connectivity index (χ2n) is 12.9. The molecule has 3 aromatic rings. The number of carbonyl (C=O) groups is 3. The van der Waals surface area contributed by atoms with Gasteiger partial charge in [-0.3, -0.25) is 24.0 Å². The van der Waals surface area contributed by atoms with Gasteiger partial charge in [-0.15, -0.1) is 0 Å². The summed E-state index contributed by atoms with van der Waals surface area (Å²) in [6, 6.07) is 10.9. The molecule has 2 aliphatic rings. The van der Waals surface area contributed by atoms with Crippen LogP contribution in [0.25, 0.3) is 0 Å². The minimum absolute atomic E-state index is 0.0175. The Balaban J connectivity index is 1.05. The molecule has 1 aromatic carbocycles. The second-order valence-corrected chi connectivity index (χ2v) is 12.9. The largest absolute Gasteiger partial charge is 0.463 e. The van der Waals surface area contributed by atoms with E-state index in [0.29, 0.717) is 21.3 Å². The van der Waals surface area contributed by atoms with Crippen LogP contribution < -0.4 is 22.0 Å². The van der Waals surface area contributed by atoms with Gasteiger partial charge in [0.2, 0.25) is 12.5 Å². The molecule has 23 heteroatoms. The number of nitrogens with zero attached hydrogens (tertiary/aromatic N) is 4. The van der Waals surface area contributed by atoms with Gasteiger partial charge < -0.3 is 44.0 Å². The number of nitrogens with one attached hydrogen (secondary N) is 2. The summed E-state index contributed by atoms with van der Waals surface area (Å²) >= 11 is 0. The van der Waals surface area contributed by atoms with Crippen molar-refractivity contribution in [1.82, 2.24) is 19.1 Å². The van der Waals surface area contributed by atoms with E-state index in [1.165, 1.54) is 6.07 Å². The summed E-state index contributed by atoms with van der Waals surface area (Å²) in [5.74, 6) is -10.6. The van der Waals surface area contributed by atoms with Crippen LogP contribution in [0, 0.1) is 0 Å². The zero-order chi connectivity index (χ0) is 42.0. The molecule has 0 unspecified atom stereocenters. The van der Waals surface area contributed by atoms with Crippen molar-refractivity contribution in [2.24, 2.45) is 0 Å². The summed E-state index contributed by atoms with van der Waals surface area (Å²) in [5.41, 5.74) is -1.74. The maximum absolute atomic E-state index is 15.0. The van der Waals surface area contributed by atoms with Crippen LogP contribution in [0.5, 0.6) is 0 Å². The highest BCUT2D eigenvalue weighted by Gasteiger charge is 2.61. The van der Waals surface area contributed by atoms with E-state index in [2.05, 4.69) is 20.6 Å². The number of esters is 2. The number of carbonyl (C=O) groups excluding carboxylic acids is 3. The predicted molar refractivity (Wildman–Crippen MR) is 187 cm³/mol. The van der Waals surface area contributed by atoms with E-state index in [0.717, 1.165) is 31.3 Å². The zero-order valence-electron chi connectivity index (χ0n) is 30.7. The number of hydrogen-bond donors (Lipinski definition) is 4. The Morgan fingerprint density at radius 3 is 1.83 bits per heavy atom. The summed E-state index contributed by atoms with van der Waals surface area (Å²) in [6.45, 7) is 0.516. The van der Waals surface area contributed by atoms with Gasteiger partial charge in [-0.2, -0.15) is 27.5 Å². The van der Waals surface area contributed by atoms with Crippen molar-refractivity contribution in [3.8, 4) is 0 Å². The fourth-order valence-corrected chi connectivity index (χ4v) is 5.57. The Morgan fingerprint density at radius 1 is 0.793 bits per heavy atom. The molecule has 2 saturated heterocycles. The molecule has 1 amide bonds. The number of benzene rings is 1. The third-order valence-electron chi connectivity index (χ3n) is 8.72. The lowest BCUT2D eigenvalue weighted by atomic mass is 10.1. The molecule has 19 nitrogen and oxygen atoms in total. The molecule has 2 aliphatic heterocycles. The SMILES string of the molecule is CCCCOCNc1ccn([C@H]2O[C@@H](COC(=O)CCC(=O)OC[C@H]3O[C@@H](n4ccc(NC(=O)OCc5ccccc5)nc4=O)C(F)(F)[C@@H]3O)[C@H](O)C2(F)F)c(=O)n1. The van der Waals surface area contributed by atoms with Crippen molar-refractivity contribution in [1.29, 1.82) is 0 Å². The van der Waals surface area contributed by atoms with Crippen molar-refractivity contribution in [2.75, 3.05) is 37.2 Å². The number of unbranched alkanes of at least 4 members (excludes halogenated alkanes) is 1. The van der Waals surface area contributed by atoms with E-state index in [1.54, 1.807) is 30.3 Å². The quantitative estimate of drug-likeness (QED) is 0.0472. The minimum Gasteiger partial charge on any atom is -0.463 e. The van der Waals surface area contributed by atoms with E-state index in [1.807, 2.05) is 6.92 Å². The van der Waals surface area contributed by atoms with Crippen LogP contribution in [0.1, 0.15) is 50.6 Å². The number of aliphatic hydroxyl groups excluding tert-OH is 2. The van der Waals surface area contributed by atoms with E-state index >= 15 is 8.78 Å². The van der Waals surface area contributed by atoms with Gasteiger partial charge in [0.05, 0.1) is 12.8 Å². The van der Waals surface area contributed by atoms with Crippen LogP contribution in [0.3, 0.4) is 0 Å². The highest BCUT2D eigenvalue weighted by Crippen LogP contribution is 2.43. The topological polar surface area (TPSA) is 241 Å². The van der Waals surface area contributed by atoms with Gasteiger partial charge in [0.15, 0.2) is 12.2 Å². The Labute approximate surface area is 325 Å². The number of aliphatic hydroxyl groups is 2. The highest BCUT2D eigenvalue weighted by atomic mass is 19.3. The fourth-order valence-electron chi connectivity index (χ4n) is 5.57. The standard InChI is InChI=1S/C35H40F4N6O13/c1-2-3-15-53-19-40-23-11-13-44(31(50)41-23)29-34(36,37)27(48)21(57-29)17-54-25(46)9-10-26(47)55-18-22-28(49)35(38,39)30(58-22)45-14-12-24(42-32(45)51)43-33(52)56-16-20-7-5-4-6-8-20/h4-8,11-14,21-22,27-30,48-49H,2-3,9-10,15-19H2,1H3,(H,40,41,50)(H,42,43,51,52)/t21-,22+,27-,28+,29-,30+/m0/s1. The Kier molecular flexibility index (Phi) is 14.5. The molecule has 0 aliphatic carbocycles. The molecule has 2 aromatic heterocycles. The molecule has 0 spiro atoms. The number of amides is 1.